The molecule has 0 spiro atoms. The lowest BCUT2D eigenvalue weighted by Crippen LogP contribution is -2.37. The van der Waals surface area contributed by atoms with E-state index in [2.05, 4.69) is 45.8 Å². The van der Waals surface area contributed by atoms with Gasteiger partial charge in [-0.3, -0.25) is 5.10 Å². The summed E-state index contributed by atoms with van der Waals surface area (Å²) >= 11 is 0. The Hall–Kier alpha value is -4.06. The number of hydrogen-bond donors (Lipinski definition) is 3. The number of rotatable bonds is 8. The van der Waals surface area contributed by atoms with Crippen LogP contribution in [-0.2, 0) is 11.3 Å². The molecule has 1 aliphatic carbocycles. The number of nitrogens with one attached hydrogen (secondary N) is 3. The van der Waals surface area contributed by atoms with Crippen LogP contribution in [0.5, 0.6) is 0 Å². The van der Waals surface area contributed by atoms with Gasteiger partial charge >= 0.3 is 0 Å². The van der Waals surface area contributed by atoms with Crippen molar-refractivity contribution < 1.29 is 9.26 Å². The van der Waals surface area contributed by atoms with E-state index in [9.17, 15) is 0 Å². The molecule has 0 aromatic carbocycles. The van der Waals surface area contributed by atoms with E-state index < -0.39 is 0 Å². The lowest BCUT2D eigenvalue weighted by atomic mass is 10.2. The summed E-state index contributed by atoms with van der Waals surface area (Å²) in [6.07, 6.45) is 7.29. The standard InChI is InChI=1S/C22H24N10O2/c1-2-14(1)17-8-20(30-29-17)26-19-9-21(32-3-5-33-6-4-32)28-22(27-19)25-12-16-7-18(31-34-16)15-10-23-13-24-11-15/h7-11,13-14H,1-6,12H2,(H3,25,26,27,28,29,30). The predicted octanol–water partition coefficient (Wildman–Crippen LogP) is 2.71. The molecule has 0 unspecified atom stereocenters. The Balaban J connectivity index is 1.20. The number of aromatic amines is 1. The van der Waals surface area contributed by atoms with Crippen molar-refractivity contribution >= 4 is 23.4 Å². The van der Waals surface area contributed by atoms with E-state index in [1.54, 1.807) is 12.4 Å². The Morgan fingerprint density at radius 3 is 2.71 bits per heavy atom. The van der Waals surface area contributed by atoms with Gasteiger partial charge in [-0.25, -0.2) is 9.97 Å². The first-order valence-electron chi connectivity index (χ1n) is 11.3. The lowest BCUT2D eigenvalue weighted by molar-refractivity contribution is 0.122. The summed E-state index contributed by atoms with van der Waals surface area (Å²) in [5.74, 6) is 3.95. The highest BCUT2D eigenvalue weighted by atomic mass is 16.5. The fourth-order valence-corrected chi connectivity index (χ4v) is 3.80. The summed E-state index contributed by atoms with van der Waals surface area (Å²) in [4.78, 5) is 19.6. The molecule has 5 heterocycles. The quantitative estimate of drug-likeness (QED) is 0.357. The molecule has 1 aliphatic heterocycles. The van der Waals surface area contributed by atoms with Gasteiger partial charge in [0.05, 0.1) is 19.8 Å². The van der Waals surface area contributed by atoms with Crippen LogP contribution < -0.4 is 15.5 Å². The maximum atomic E-state index is 5.49. The van der Waals surface area contributed by atoms with E-state index in [0.29, 0.717) is 48.9 Å². The largest absolute Gasteiger partial charge is 0.378 e. The second kappa shape index (κ2) is 9.06. The van der Waals surface area contributed by atoms with Gasteiger partial charge in [-0.05, 0) is 12.8 Å². The van der Waals surface area contributed by atoms with Crippen molar-refractivity contribution in [2.45, 2.75) is 25.3 Å². The molecule has 12 nitrogen and oxygen atoms in total. The average molecular weight is 461 g/mol. The normalized spacial score (nSPS) is 15.9. The molecular formula is C22H24N10O2. The molecule has 6 rings (SSSR count). The Labute approximate surface area is 195 Å². The molecule has 1 saturated heterocycles. The molecule has 0 amide bonds. The third-order valence-corrected chi connectivity index (χ3v) is 5.75. The summed E-state index contributed by atoms with van der Waals surface area (Å²) in [6, 6.07) is 5.83. The molecule has 0 radical (unpaired) electrons. The number of nitrogens with zero attached hydrogens (tertiary/aromatic N) is 7. The highest BCUT2D eigenvalue weighted by Gasteiger charge is 2.25. The molecule has 1 saturated carbocycles. The van der Waals surface area contributed by atoms with Gasteiger partial charge in [0.25, 0.3) is 0 Å². The van der Waals surface area contributed by atoms with Crippen molar-refractivity contribution in [3.8, 4) is 11.3 Å². The SMILES string of the molecule is c1ncc(-c2cc(CNc3nc(Nc4cc(C5CC5)[nH]n4)cc(N4CCOCC4)n3)on2)cn1. The van der Waals surface area contributed by atoms with Gasteiger partial charge in [-0.2, -0.15) is 15.1 Å². The number of ether oxygens (including phenoxy) is 1. The first-order chi connectivity index (χ1) is 16.8. The fraction of sp³-hybridized carbons (Fsp3) is 0.364. The van der Waals surface area contributed by atoms with Crippen LogP contribution in [0.4, 0.5) is 23.4 Å². The summed E-state index contributed by atoms with van der Waals surface area (Å²) in [5.41, 5.74) is 2.63. The molecule has 12 heteroatoms. The van der Waals surface area contributed by atoms with Crippen LogP contribution in [0.3, 0.4) is 0 Å². The first-order valence-corrected chi connectivity index (χ1v) is 11.3. The summed E-state index contributed by atoms with van der Waals surface area (Å²) in [6.45, 7) is 3.26. The Kier molecular flexibility index (Phi) is 5.47. The zero-order chi connectivity index (χ0) is 22.7. The van der Waals surface area contributed by atoms with Crippen molar-refractivity contribution in [3.05, 3.63) is 48.4 Å². The third-order valence-electron chi connectivity index (χ3n) is 5.75. The van der Waals surface area contributed by atoms with Gasteiger partial charge < -0.3 is 24.8 Å². The number of hydrogen-bond acceptors (Lipinski definition) is 11. The lowest BCUT2D eigenvalue weighted by Gasteiger charge is -2.28. The van der Waals surface area contributed by atoms with Gasteiger partial charge in [-0.15, -0.1) is 0 Å². The number of H-pyrrole nitrogens is 1. The van der Waals surface area contributed by atoms with E-state index >= 15 is 0 Å². The monoisotopic (exact) mass is 460 g/mol. The Bertz CT molecular complexity index is 1250. The van der Waals surface area contributed by atoms with E-state index in [0.717, 1.165) is 36.0 Å². The molecular weight excluding hydrogens is 436 g/mol. The highest BCUT2D eigenvalue weighted by Crippen LogP contribution is 2.39. The minimum Gasteiger partial charge on any atom is -0.378 e. The first kappa shape index (κ1) is 20.5. The van der Waals surface area contributed by atoms with E-state index in [1.165, 1.54) is 19.2 Å². The smallest absolute Gasteiger partial charge is 0.227 e. The van der Waals surface area contributed by atoms with Gasteiger partial charge in [0.2, 0.25) is 5.95 Å². The van der Waals surface area contributed by atoms with E-state index in [-0.39, 0.29) is 0 Å². The minimum absolute atomic E-state index is 0.376. The van der Waals surface area contributed by atoms with Gasteiger partial charge in [-0.1, -0.05) is 5.16 Å². The van der Waals surface area contributed by atoms with Crippen LogP contribution in [0.15, 0.2) is 41.4 Å². The third kappa shape index (κ3) is 4.66. The van der Waals surface area contributed by atoms with Gasteiger partial charge in [0.1, 0.15) is 23.7 Å². The molecule has 0 atom stereocenters. The number of anilines is 4. The molecule has 0 bridgehead atoms. The molecule has 2 fully saturated rings. The predicted molar refractivity (Wildman–Crippen MR) is 124 cm³/mol. The molecule has 174 valence electrons. The summed E-state index contributed by atoms with van der Waals surface area (Å²) in [7, 11) is 0. The average Bonchev–Trinajstić information content (AvgIpc) is 3.44. The maximum Gasteiger partial charge on any atom is 0.227 e. The zero-order valence-corrected chi connectivity index (χ0v) is 18.4. The van der Waals surface area contributed by atoms with Crippen LogP contribution in [-0.4, -0.2) is 61.6 Å². The van der Waals surface area contributed by atoms with Gasteiger partial charge in [0.15, 0.2) is 11.6 Å². The molecule has 34 heavy (non-hydrogen) atoms. The number of morpholine rings is 1. The summed E-state index contributed by atoms with van der Waals surface area (Å²) < 4.78 is 11.0. The maximum absolute atomic E-state index is 5.49. The fourth-order valence-electron chi connectivity index (χ4n) is 3.80. The van der Waals surface area contributed by atoms with Crippen LogP contribution in [0, 0.1) is 0 Å². The van der Waals surface area contributed by atoms with Crippen molar-refractivity contribution in [1.82, 2.24) is 35.3 Å². The van der Waals surface area contributed by atoms with Crippen molar-refractivity contribution in [2.75, 3.05) is 41.8 Å². The Morgan fingerprint density at radius 1 is 1.03 bits per heavy atom. The Morgan fingerprint density at radius 2 is 1.88 bits per heavy atom. The minimum atomic E-state index is 0.376. The van der Waals surface area contributed by atoms with E-state index in [1.807, 2.05) is 18.2 Å². The van der Waals surface area contributed by atoms with Crippen molar-refractivity contribution in [3.63, 3.8) is 0 Å². The molecule has 2 aliphatic rings. The summed E-state index contributed by atoms with van der Waals surface area (Å²) in [5, 5.41) is 18.2. The van der Waals surface area contributed by atoms with Gasteiger partial charge in [0, 0.05) is 60.9 Å². The van der Waals surface area contributed by atoms with Crippen LogP contribution in [0.25, 0.3) is 11.3 Å². The molecule has 4 aromatic rings. The molecule has 3 N–H and O–H groups in total. The van der Waals surface area contributed by atoms with E-state index in [4.69, 9.17) is 14.2 Å². The van der Waals surface area contributed by atoms with Crippen LogP contribution in [0.1, 0.15) is 30.2 Å². The van der Waals surface area contributed by atoms with Crippen molar-refractivity contribution in [1.29, 1.82) is 0 Å². The second-order valence-electron chi connectivity index (χ2n) is 8.30. The highest BCUT2D eigenvalue weighted by molar-refractivity contribution is 5.60. The zero-order valence-electron chi connectivity index (χ0n) is 18.4. The topological polar surface area (TPSA) is 143 Å². The van der Waals surface area contributed by atoms with Crippen molar-refractivity contribution in [2.24, 2.45) is 0 Å². The number of aromatic nitrogens is 7. The second-order valence-corrected chi connectivity index (χ2v) is 8.30. The van der Waals surface area contributed by atoms with Crippen LogP contribution >= 0.6 is 0 Å². The van der Waals surface area contributed by atoms with Crippen LogP contribution in [0.2, 0.25) is 0 Å². The molecule has 4 aromatic heterocycles.